The number of rotatable bonds is 9. The second kappa shape index (κ2) is 11.2. The Balaban J connectivity index is 1.29. The number of carbonyl (C=O) groups excluding carboxylic acids is 1. The number of imidazole rings is 1. The number of amides is 1. The summed E-state index contributed by atoms with van der Waals surface area (Å²) in [5, 5.41) is 18.6. The first-order chi connectivity index (χ1) is 18.4. The molecule has 11 heteroatoms. The third kappa shape index (κ3) is 6.29. The molecule has 0 saturated heterocycles. The van der Waals surface area contributed by atoms with E-state index in [-0.39, 0.29) is 12.1 Å². The van der Waals surface area contributed by atoms with Crippen molar-refractivity contribution in [2.45, 2.75) is 69.7 Å². The summed E-state index contributed by atoms with van der Waals surface area (Å²) in [6, 6.07) is 6.31. The smallest absolute Gasteiger partial charge is 0.408 e. The molecule has 198 valence electrons. The lowest BCUT2D eigenvalue weighted by atomic mass is 9.91. The van der Waals surface area contributed by atoms with E-state index in [1.807, 2.05) is 12.1 Å². The van der Waals surface area contributed by atoms with E-state index in [1.54, 1.807) is 29.9 Å². The van der Waals surface area contributed by atoms with Gasteiger partial charge in [-0.25, -0.2) is 19.3 Å². The van der Waals surface area contributed by atoms with E-state index in [2.05, 4.69) is 43.7 Å². The van der Waals surface area contributed by atoms with Crippen LogP contribution in [-0.2, 0) is 4.74 Å². The number of terminal acetylenes is 1. The van der Waals surface area contributed by atoms with Gasteiger partial charge in [0.05, 0.1) is 17.6 Å². The fourth-order valence-corrected chi connectivity index (χ4v) is 4.68. The summed E-state index contributed by atoms with van der Waals surface area (Å²) in [6.45, 7) is 5.87. The summed E-state index contributed by atoms with van der Waals surface area (Å²) in [5.41, 5.74) is 3.82. The zero-order valence-electron chi connectivity index (χ0n) is 21.2. The van der Waals surface area contributed by atoms with Gasteiger partial charge in [-0.05, 0) is 57.6 Å². The number of nitrogens with one attached hydrogen (secondary N) is 4. The van der Waals surface area contributed by atoms with Crippen LogP contribution in [0.1, 0.15) is 51.1 Å². The molecule has 5 rings (SSSR count). The number of ether oxygens (including phenoxy) is 1. The average molecular weight is 535 g/mol. The molecule has 10 nitrogen and oxygen atoms in total. The predicted molar refractivity (Wildman–Crippen MR) is 149 cm³/mol. The van der Waals surface area contributed by atoms with Crippen molar-refractivity contribution < 1.29 is 9.53 Å². The molecule has 0 bridgehead atoms. The Morgan fingerprint density at radius 2 is 1.87 bits per heavy atom. The van der Waals surface area contributed by atoms with E-state index in [4.69, 9.17) is 27.9 Å². The molecule has 2 aliphatic rings. The molecule has 2 aliphatic carbocycles. The fourth-order valence-electron chi connectivity index (χ4n) is 4.50. The number of fused-ring (bicyclic) bond motifs is 1. The summed E-state index contributed by atoms with van der Waals surface area (Å²) in [5.74, 6) is 3.14. The molecular formula is C27H31ClN8O2. The number of hydrogen-bond donors (Lipinski definition) is 4. The monoisotopic (exact) mass is 534 g/mol. The van der Waals surface area contributed by atoms with Crippen LogP contribution < -0.4 is 21.3 Å². The van der Waals surface area contributed by atoms with Gasteiger partial charge < -0.3 is 26.0 Å². The molecule has 38 heavy (non-hydrogen) atoms. The average Bonchev–Trinajstić information content (AvgIpc) is 3.60. The molecule has 0 radical (unpaired) electrons. The van der Waals surface area contributed by atoms with Crippen molar-refractivity contribution in [3.63, 3.8) is 0 Å². The first-order valence-electron chi connectivity index (χ1n) is 12.8. The van der Waals surface area contributed by atoms with Gasteiger partial charge in [0.2, 0.25) is 0 Å². The lowest BCUT2D eigenvalue weighted by molar-refractivity contribution is 0.124. The van der Waals surface area contributed by atoms with Crippen LogP contribution in [0.3, 0.4) is 0 Å². The molecule has 0 spiro atoms. The molecule has 3 heterocycles. The zero-order chi connectivity index (χ0) is 26.6. The van der Waals surface area contributed by atoms with Crippen LogP contribution in [0, 0.1) is 12.3 Å². The summed E-state index contributed by atoms with van der Waals surface area (Å²) >= 11 is 6.04. The Labute approximate surface area is 226 Å². The number of anilines is 3. The van der Waals surface area contributed by atoms with Gasteiger partial charge in [-0.2, -0.15) is 0 Å². The first-order valence-corrected chi connectivity index (χ1v) is 13.2. The third-order valence-electron chi connectivity index (χ3n) is 6.66. The Morgan fingerprint density at radius 1 is 1.16 bits per heavy atom. The molecular weight excluding hydrogens is 504 g/mol. The maximum absolute atomic E-state index is 12.0. The second-order valence-electron chi connectivity index (χ2n) is 9.76. The minimum Gasteiger partial charge on any atom is -0.433 e. The van der Waals surface area contributed by atoms with Gasteiger partial charge in [-0.3, -0.25) is 0 Å². The fraction of sp³-hybridized carbons (Fsp3) is 0.407. The molecule has 1 amide bonds. The van der Waals surface area contributed by atoms with Crippen molar-refractivity contribution in [3.05, 3.63) is 48.0 Å². The normalized spacial score (nSPS) is 19.7. The maximum atomic E-state index is 12.0. The van der Waals surface area contributed by atoms with E-state index in [1.165, 1.54) is 0 Å². The predicted octanol–water partition coefficient (Wildman–Crippen LogP) is 4.91. The Hall–Kier alpha value is -3.97. The van der Waals surface area contributed by atoms with Crippen molar-refractivity contribution in [1.29, 1.82) is 0 Å². The molecule has 0 aromatic carbocycles. The zero-order valence-corrected chi connectivity index (χ0v) is 22.0. The standard InChI is InChI=1S/C27H31ClN8O2/c1-4-16(2)38-27(37)34-20-9-7-19(8-10-20)33-25-14-22(32-18-5-6-18)26-30-15-23(36(26)35-25)17(3)31-21-11-12-29-24(28)13-21/h1,11-16,18-20,32H,3,5-10H2,2H3,(H,29,31)(H,33,35)(H,34,37). The van der Waals surface area contributed by atoms with E-state index >= 15 is 0 Å². The molecule has 1 atom stereocenters. The lowest BCUT2D eigenvalue weighted by Crippen LogP contribution is -2.41. The van der Waals surface area contributed by atoms with E-state index in [9.17, 15) is 4.79 Å². The highest BCUT2D eigenvalue weighted by Gasteiger charge is 2.26. The van der Waals surface area contributed by atoms with Crippen LogP contribution in [-0.4, -0.2) is 49.9 Å². The van der Waals surface area contributed by atoms with Crippen LogP contribution in [0.15, 0.2) is 37.2 Å². The minimum absolute atomic E-state index is 0.0596. The number of carbonyl (C=O) groups is 1. The highest BCUT2D eigenvalue weighted by molar-refractivity contribution is 6.29. The number of hydrogen-bond acceptors (Lipinski definition) is 8. The highest BCUT2D eigenvalue weighted by atomic mass is 35.5. The van der Waals surface area contributed by atoms with Crippen LogP contribution in [0.4, 0.5) is 22.0 Å². The van der Waals surface area contributed by atoms with E-state index < -0.39 is 12.2 Å². The van der Waals surface area contributed by atoms with Crippen molar-refractivity contribution in [1.82, 2.24) is 24.9 Å². The van der Waals surface area contributed by atoms with Gasteiger partial charge >= 0.3 is 6.09 Å². The Bertz CT molecular complexity index is 1370. The van der Waals surface area contributed by atoms with Crippen molar-refractivity contribution in [2.24, 2.45) is 0 Å². The first kappa shape index (κ1) is 25.7. The Morgan fingerprint density at radius 3 is 2.58 bits per heavy atom. The van der Waals surface area contributed by atoms with Crippen LogP contribution >= 0.6 is 11.6 Å². The van der Waals surface area contributed by atoms with E-state index in [0.717, 1.165) is 67.1 Å². The summed E-state index contributed by atoms with van der Waals surface area (Å²) < 4.78 is 6.94. The summed E-state index contributed by atoms with van der Waals surface area (Å²) in [6.07, 6.45) is 13.4. The summed E-state index contributed by atoms with van der Waals surface area (Å²) in [4.78, 5) is 20.7. The minimum atomic E-state index is -0.547. The van der Waals surface area contributed by atoms with Crippen LogP contribution in [0.25, 0.3) is 11.3 Å². The number of pyridine rings is 1. The van der Waals surface area contributed by atoms with Gasteiger partial charge in [0.1, 0.15) is 16.7 Å². The third-order valence-corrected chi connectivity index (χ3v) is 6.86. The van der Waals surface area contributed by atoms with Crippen molar-refractivity contribution >= 4 is 46.2 Å². The second-order valence-corrected chi connectivity index (χ2v) is 10.2. The van der Waals surface area contributed by atoms with Gasteiger partial charge in [0.25, 0.3) is 0 Å². The molecule has 3 aromatic heterocycles. The number of alkyl carbamates (subject to hydrolysis) is 1. The quantitative estimate of drug-likeness (QED) is 0.226. The SMILES string of the molecule is C#CC(C)OC(=O)NC1CCC(Nc2cc(NC3CC3)c3ncc(C(=C)Nc4ccnc(Cl)c4)n3n2)CC1. The molecule has 1 unspecified atom stereocenters. The highest BCUT2D eigenvalue weighted by Crippen LogP contribution is 2.31. The molecule has 4 N–H and O–H groups in total. The van der Waals surface area contributed by atoms with Gasteiger partial charge in [0, 0.05) is 36.1 Å². The lowest BCUT2D eigenvalue weighted by Gasteiger charge is -2.30. The van der Waals surface area contributed by atoms with Gasteiger partial charge in [-0.15, -0.1) is 11.5 Å². The number of halogens is 1. The van der Waals surface area contributed by atoms with Crippen LogP contribution in [0.5, 0.6) is 0 Å². The molecule has 0 aliphatic heterocycles. The molecule has 2 fully saturated rings. The Kier molecular flexibility index (Phi) is 7.56. The molecule has 3 aromatic rings. The van der Waals surface area contributed by atoms with E-state index in [0.29, 0.717) is 16.9 Å². The van der Waals surface area contributed by atoms with Crippen LogP contribution in [0.2, 0.25) is 5.15 Å². The maximum Gasteiger partial charge on any atom is 0.408 e. The van der Waals surface area contributed by atoms with Crippen molar-refractivity contribution in [3.8, 4) is 12.3 Å². The van der Waals surface area contributed by atoms with Crippen molar-refractivity contribution in [2.75, 3.05) is 16.0 Å². The number of nitrogens with zero attached hydrogens (tertiary/aromatic N) is 4. The molecule has 2 saturated carbocycles. The topological polar surface area (TPSA) is 118 Å². The summed E-state index contributed by atoms with van der Waals surface area (Å²) in [7, 11) is 0. The van der Waals surface area contributed by atoms with Gasteiger partial charge in [-0.1, -0.05) is 24.1 Å². The van der Waals surface area contributed by atoms with Gasteiger partial charge in [0.15, 0.2) is 11.8 Å². The largest absolute Gasteiger partial charge is 0.433 e. The number of aromatic nitrogens is 4.